The third-order valence-corrected chi connectivity index (χ3v) is 4.40. The largest absolute Gasteiger partial charge is 0.369 e. The minimum atomic E-state index is -0.0549. The summed E-state index contributed by atoms with van der Waals surface area (Å²) in [7, 11) is 0. The number of rotatable bonds is 4. The Morgan fingerprint density at radius 2 is 1.75 bits per heavy atom. The van der Waals surface area contributed by atoms with Crippen LogP contribution in [0.25, 0.3) is 0 Å². The summed E-state index contributed by atoms with van der Waals surface area (Å²) >= 11 is 0. The van der Waals surface area contributed by atoms with E-state index in [9.17, 15) is 4.39 Å². The van der Waals surface area contributed by atoms with E-state index >= 15 is 0 Å². The van der Waals surface area contributed by atoms with Crippen molar-refractivity contribution in [2.45, 2.75) is 57.5 Å². The van der Waals surface area contributed by atoms with Crippen molar-refractivity contribution in [1.82, 2.24) is 5.32 Å². The zero-order valence-electron chi connectivity index (χ0n) is 12.2. The normalized spacial score (nSPS) is 20.6. The Labute approximate surface area is 121 Å². The number of hydrogen-bond donors (Lipinski definition) is 1. The highest BCUT2D eigenvalue weighted by Crippen LogP contribution is 2.28. The number of nitrogens with one attached hydrogen (secondary N) is 1. The number of anilines is 1. The topological polar surface area (TPSA) is 15.3 Å². The quantitative estimate of drug-likeness (QED) is 0.898. The lowest BCUT2D eigenvalue weighted by Gasteiger charge is -2.29. The smallest absolute Gasteiger partial charge is 0.146 e. The first-order valence-electron chi connectivity index (χ1n) is 8.10. The van der Waals surface area contributed by atoms with E-state index in [2.05, 4.69) is 16.3 Å². The zero-order chi connectivity index (χ0) is 13.8. The van der Waals surface area contributed by atoms with Crippen LogP contribution in [-0.2, 0) is 6.54 Å². The molecule has 0 unspecified atom stereocenters. The predicted octanol–water partition coefficient (Wildman–Crippen LogP) is 3.85. The van der Waals surface area contributed by atoms with Gasteiger partial charge in [-0.15, -0.1) is 0 Å². The molecule has 1 aliphatic heterocycles. The van der Waals surface area contributed by atoms with Gasteiger partial charge < -0.3 is 10.2 Å². The van der Waals surface area contributed by atoms with Gasteiger partial charge >= 0.3 is 0 Å². The molecule has 1 heterocycles. The lowest BCUT2D eigenvalue weighted by atomic mass is 10.1. The van der Waals surface area contributed by atoms with Crippen LogP contribution in [0.15, 0.2) is 18.2 Å². The van der Waals surface area contributed by atoms with Crippen molar-refractivity contribution in [2.24, 2.45) is 0 Å². The van der Waals surface area contributed by atoms with Crippen LogP contribution in [0.4, 0.5) is 10.1 Å². The summed E-state index contributed by atoms with van der Waals surface area (Å²) < 4.78 is 14.3. The fraction of sp³-hybridized carbons (Fsp3) is 0.647. The van der Waals surface area contributed by atoms with E-state index in [-0.39, 0.29) is 5.82 Å². The van der Waals surface area contributed by atoms with Gasteiger partial charge in [-0.25, -0.2) is 4.39 Å². The van der Waals surface area contributed by atoms with Gasteiger partial charge in [-0.1, -0.05) is 31.4 Å². The number of halogens is 1. The lowest BCUT2D eigenvalue weighted by molar-refractivity contribution is 0.541. The van der Waals surface area contributed by atoms with Crippen LogP contribution in [0.3, 0.4) is 0 Å². The van der Waals surface area contributed by atoms with Crippen LogP contribution in [0.1, 0.15) is 50.5 Å². The van der Waals surface area contributed by atoms with Crippen LogP contribution in [-0.4, -0.2) is 19.1 Å². The molecule has 3 heteroatoms. The molecule has 1 saturated heterocycles. The van der Waals surface area contributed by atoms with E-state index in [1.807, 2.05) is 6.07 Å². The third-order valence-electron chi connectivity index (χ3n) is 4.40. The van der Waals surface area contributed by atoms with Crippen molar-refractivity contribution in [1.29, 1.82) is 0 Å². The van der Waals surface area contributed by atoms with E-state index in [1.165, 1.54) is 44.9 Å². The average molecular weight is 276 g/mol. The van der Waals surface area contributed by atoms with Gasteiger partial charge in [0.1, 0.15) is 5.82 Å². The van der Waals surface area contributed by atoms with Crippen molar-refractivity contribution in [3.8, 4) is 0 Å². The summed E-state index contributed by atoms with van der Waals surface area (Å²) in [4.78, 5) is 2.28. The zero-order valence-corrected chi connectivity index (χ0v) is 12.2. The average Bonchev–Trinajstić information content (AvgIpc) is 3.21. The number of nitrogens with zero attached hydrogens (tertiary/aromatic N) is 1. The third kappa shape index (κ3) is 3.51. The van der Waals surface area contributed by atoms with E-state index in [4.69, 9.17) is 0 Å². The first kappa shape index (κ1) is 13.9. The van der Waals surface area contributed by atoms with Crippen molar-refractivity contribution in [3.63, 3.8) is 0 Å². The Morgan fingerprint density at radius 3 is 2.45 bits per heavy atom. The first-order valence-corrected chi connectivity index (χ1v) is 8.10. The van der Waals surface area contributed by atoms with Gasteiger partial charge in [-0.2, -0.15) is 0 Å². The summed E-state index contributed by atoms with van der Waals surface area (Å²) in [5, 5.41) is 3.51. The molecule has 1 saturated carbocycles. The van der Waals surface area contributed by atoms with Crippen LogP contribution in [0.2, 0.25) is 0 Å². The van der Waals surface area contributed by atoms with E-state index < -0.39 is 0 Å². The first-order chi connectivity index (χ1) is 9.84. The summed E-state index contributed by atoms with van der Waals surface area (Å²) in [6, 6.07) is 6.19. The monoisotopic (exact) mass is 276 g/mol. The van der Waals surface area contributed by atoms with Gasteiger partial charge in [0, 0.05) is 25.7 Å². The number of hydrogen-bond acceptors (Lipinski definition) is 2. The van der Waals surface area contributed by atoms with Gasteiger partial charge in [-0.3, -0.25) is 0 Å². The van der Waals surface area contributed by atoms with Gasteiger partial charge in [0.25, 0.3) is 0 Å². The summed E-state index contributed by atoms with van der Waals surface area (Å²) in [6.45, 7) is 2.79. The second-order valence-electron chi connectivity index (χ2n) is 6.16. The van der Waals surface area contributed by atoms with Crippen LogP contribution < -0.4 is 10.2 Å². The Morgan fingerprint density at radius 1 is 1.05 bits per heavy atom. The molecule has 1 aromatic carbocycles. The fourth-order valence-electron chi connectivity index (χ4n) is 3.07. The molecule has 3 rings (SSSR count). The highest BCUT2D eigenvalue weighted by atomic mass is 19.1. The van der Waals surface area contributed by atoms with Gasteiger partial charge in [0.05, 0.1) is 5.69 Å². The molecular weight excluding hydrogens is 251 g/mol. The van der Waals surface area contributed by atoms with E-state index in [0.717, 1.165) is 30.9 Å². The maximum absolute atomic E-state index is 14.3. The molecule has 1 aliphatic carbocycles. The van der Waals surface area contributed by atoms with E-state index in [1.54, 1.807) is 6.07 Å². The Hall–Kier alpha value is -1.09. The van der Waals surface area contributed by atoms with Crippen molar-refractivity contribution >= 4 is 5.69 Å². The molecule has 2 nitrogen and oxygen atoms in total. The molecule has 0 radical (unpaired) electrons. The molecule has 2 fully saturated rings. The fourth-order valence-corrected chi connectivity index (χ4v) is 3.07. The lowest BCUT2D eigenvalue weighted by Crippen LogP contribution is -2.30. The van der Waals surface area contributed by atoms with Gasteiger partial charge in [0.15, 0.2) is 0 Å². The van der Waals surface area contributed by atoms with Crippen LogP contribution in [0.5, 0.6) is 0 Å². The molecule has 110 valence electrons. The maximum atomic E-state index is 14.3. The highest BCUT2D eigenvalue weighted by Gasteiger charge is 2.22. The molecule has 1 aromatic rings. The number of benzene rings is 1. The van der Waals surface area contributed by atoms with Crippen molar-refractivity contribution < 1.29 is 4.39 Å². The summed E-state index contributed by atoms with van der Waals surface area (Å²) in [5.41, 5.74) is 1.97. The molecule has 20 heavy (non-hydrogen) atoms. The molecule has 0 amide bonds. The van der Waals surface area contributed by atoms with Gasteiger partial charge in [-0.05, 0) is 37.3 Å². The van der Waals surface area contributed by atoms with Crippen LogP contribution >= 0.6 is 0 Å². The molecule has 2 aliphatic rings. The SMILES string of the molecule is Fc1cccc(CNC2CC2)c1N1CCCCCCC1. The molecule has 0 spiro atoms. The summed E-state index contributed by atoms with van der Waals surface area (Å²) in [6.07, 6.45) is 8.80. The summed E-state index contributed by atoms with van der Waals surface area (Å²) in [5.74, 6) is -0.0549. The minimum Gasteiger partial charge on any atom is -0.369 e. The highest BCUT2D eigenvalue weighted by molar-refractivity contribution is 5.55. The second kappa shape index (κ2) is 6.57. The minimum absolute atomic E-state index is 0.0549. The number of para-hydroxylation sites is 1. The molecular formula is C17H25FN2. The molecule has 1 N–H and O–H groups in total. The molecule has 0 aromatic heterocycles. The van der Waals surface area contributed by atoms with Crippen LogP contribution in [0, 0.1) is 5.82 Å². The van der Waals surface area contributed by atoms with Crippen molar-refractivity contribution in [2.75, 3.05) is 18.0 Å². The standard InChI is InChI=1S/C17H25FN2/c18-16-8-6-7-14(13-19-15-9-10-15)17(16)20-11-4-2-1-3-5-12-20/h6-8,15,19H,1-5,9-13H2. The molecule has 0 atom stereocenters. The Kier molecular flexibility index (Phi) is 4.56. The maximum Gasteiger partial charge on any atom is 0.146 e. The van der Waals surface area contributed by atoms with Gasteiger partial charge in [0.2, 0.25) is 0 Å². The molecule has 0 bridgehead atoms. The Bertz CT molecular complexity index is 435. The predicted molar refractivity (Wildman–Crippen MR) is 81.6 cm³/mol. The van der Waals surface area contributed by atoms with E-state index in [0.29, 0.717) is 6.04 Å². The Balaban J connectivity index is 1.77. The second-order valence-corrected chi connectivity index (χ2v) is 6.16. The van der Waals surface area contributed by atoms with Crippen molar-refractivity contribution in [3.05, 3.63) is 29.6 Å².